The van der Waals surface area contributed by atoms with Crippen molar-refractivity contribution in [1.82, 2.24) is 10.2 Å². The number of benzene rings is 1. The van der Waals surface area contributed by atoms with Crippen molar-refractivity contribution in [1.29, 1.82) is 0 Å². The minimum atomic E-state index is -0.0321. The molecule has 1 aliphatic rings. The molecule has 23 heavy (non-hydrogen) atoms. The number of amides is 3. The van der Waals surface area contributed by atoms with E-state index >= 15 is 0 Å². The zero-order chi connectivity index (χ0) is 16.8. The molecular formula is C18H27N3O2. The molecule has 0 aromatic heterocycles. The average molecular weight is 317 g/mol. The van der Waals surface area contributed by atoms with E-state index in [1.807, 2.05) is 29.2 Å². The van der Waals surface area contributed by atoms with Crippen LogP contribution in [-0.4, -0.2) is 37.0 Å². The van der Waals surface area contributed by atoms with Gasteiger partial charge < -0.3 is 15.5 Å². The summed E-state index contributed by atoms with van der Waals surface area (Å²) in [5.41, 5.74) is 1.70. The molecule has 0 bridgehead atoms. The maximum atomic E-state index is 12.3. The van der Waals surface area contributed by atoms with Gasteiger partial charge in [0.25, 0.3) is 0 Å². The van der Waals surface area contributed by atoms with Gasteiger partial charge in [0.05, 0.1) is 6.42 Å². The van der Waals surface area contributed by atoms with E-state index in [0.717, 1.165) is 30.8 Å². The predicted octanol–water partition coefficient (Wildman–Crippen LogP) is 2.88. The van der Waals surface area contributed by atoms with E-state index in [0.29, 0.717) is 18.3 Å². The first-order valence-electron chi connectivity index (χ1n) is 8.33. The van der Waals surface area contributed by atoms with Gasteiger partial charge in [0.2, 0.25) is 5.91 Å². The Balaban J connectivity index is 1.85. The largest absolute Gasteiger partial charge is 0.359 e. The molecule has 1 fully saturated rings. The van der Waals surface area contributed by atoms with E-state index in [2.05, 4.69) is 24.5 Å². The van der Waals surface area contributed by atoms with Gasteiger partial charge in [-0.05, 0) is 42.4 Å². The molecule has 126 valence electrons. The summed E-state index contributed by atoms with van der Waals surface area (Å²) >= 11 is 0. The summed E-state index contributed by atoms with van der Waals surface area (Å²) in [5.74, 6) is 1.28. The van der Waals surface area contributed by atoms with Gasteiger partial charge in [0.15, 0.2) is 0 Å². The third-order valence-corrected chi connectivity index (χ3v) is 4.23. The highest BCUT2D eigenvalue weighted by atomic mass is 16.2. The van der Waals surface area contributed by atoms with Crippen LogP contribution in [0.5, 0.6) is 0 Å². The Bertz CT molecular complexity index is 540. The van der Waals surface area contributed by atoms with Gasteiger partial charge in [-0.1, -0.05) is 26.0 Å². The number of carbonyl (C=O) groups is 2. The Hall–Kier alpha value is -2.04. The van der Waals surface area contributed by atoms with Crippen molar-refractivity contribution in [3.63, 3.8) is 0 Å². The molecule has 0 saturated carbocycles. The summed E-state index contributed by atoms with van der Waals surface area (Å²) in [6, 6.07) is 7.40. The minimum Gasteiger partial charge on any atom is -0.359 e. The first kappa shape index (κ1) is 17.3. The molecule has 3 amide bonds. The Labute approximate surface area is 138 Å². The molecule has 1 aromatic rings. The van der Waals surface area contributed by atoms with E-state index < -0.39 is 0 Å². The number of carbonyl (C=O) groups excluding carboxylic acids is 2. The van der Waals surface area contributed by atoms with E-state index in [1.165, 1.54) is 6.42 Å². The monoisotopic (exact) mass is 317 g/mol. The zero-order valence-electron chi connectivity index (χ0n) is 14.3. The molecule has 5 nitrogen and oxygen atoms in total. The Morgan fingerprint density at radius 3 is 2.57 bits per heavy atom. The van der Waals surface area contributed by atoms with Crippen LogP contribution in [0.25, 0.3) is 0 Å². The topological polar surface area (TPSA) is 61.4 Å². The van der Waals surface area contributed by atoms with Crippen molar-refractivity contribution in [2.24, 2.45) is 11.8 Å². The molecule has 2 N–H and O–H groups in total. The summed E-state index contributed by atoms with van der Waals surface area (Å²) in [4.78, 5) is 25.5. The fraction of sp³-hybridized carbons (Fsp3) is 0.556. The van der Waals surface area contributed by atoms with Crippen LogP contribution in [0, 0.1) is 11.8 Å². The van der Waals surface area contributed by atoms with Crippen molar-refractivity contribution in [3.05, 3.63) is 29.8 Å². The lowest BCUT2D eigenvalue weighted by atomic mass is 9.97. The normalized spacial score (nSPS) is 17.4. The lowest BCUT2D eigenvalue weighted by molar-refractivity contribution is -0.119. The molecule has 5 heteroatoms. The molecule has 1 saturated heterocycles. The van der Waals surface area contributed by atoms with Gasteiger partial charge >= 0.3 is 6.03 Å². The van der Waals surface area contributed by atoms with Crippen LogP contribution in [0.1, 0.15) is 32.3 Å². The van der Waals surface area contributed by atoms with Gasteiger partial charge in [-0.3, -0.25) is 4.79 Å². The fourth-order valence-electron chi connectivity index (χ4n) is 3.06. The molecule has 1 aliphatic heterocycles. The first-order chi connectivity index (χ1) is 11.0. The maximum Gasteiger partial charge on any atom is 0.321 e. The standard InChI is InChI=1S/C18H27N3O2/c1-13(2)10-15-8-9-21(12-15)18(23)20-16-6-4-14(5-7-16)11-17(22)19-3/h4-7,13,15H,8-12H2,1-3H3,(H,19,22)(H,20,23). The molecule has 1 aromatic carbocycles. The summed E-state index contributed by atoms with van der Waals surface area (Å²) in [6.07, 6.45) is 2.63. The molecule has 0 radical (unpaired) electrons. The van der Waals surface area contributed by atoms with Crippen LogP contribution in [0.15, 0.2) is 24.3 Å². The highest BCUT2D eigenvalue weighted by molar-refractivity contribution is 5.89. The number of rotatable bonds is 5. The van der Waals surface area contributed by atoms with Crippen molar-refractivity contribution < 1.29 is 9.59 Å². The molecule has 1 atom stereocenters. The number of urea groups is 1. The third-order valence-electron chi connectivity index (χ3n) is 4.23. The van der Waals surface area contributed by atoms with Crippen LogP contribution >= 0.6 is 0 Å². The van der Waals surface area contributed by atoms with Crippen LogP contribution in [0.2, 0.25) is 0 Å². The van der Waals surface area contributed by atoms with Gasteiger partial charge in [0.1, 0.15) is 0 Å². The second-order valence-electron chi connectivity index (χ2n) is 6.71. The average Bonchev–Trinajstić information content (AvgIpc) is 2.97. The van der Waals surface area contributed by atoms with Crippen molar-refractivity contribution in [3.8, 4) is 0 Å². The van der Waals surface area contributed by atoms with E-state index in [-0.39, 0.29) is 11.9 Å². The number of likely N-dealkylation sites (tertiary alicyclic amines) is 1. The molecule has 0 aliphatic carbocycles. The number of likely N-dealkylation sites (N-methyl/N-ethyl adjacent to an activating group) is 1. The number of hydrogen-bond acceptors (Lipinski definition) is 2. The molecular weight excluding hydrogens is 290 g/mol. The van der Waals surface area contributed by atoms with Crippen LogP contribution < -0.4 is 10.6 Å². The van der Waals surface area contributed by atoms with E-state index in [9.17, 15) is 9.59 Å². The highest BCUT2D eigenvalue weighted by Gasteiger charge is 2.26. The van der Waals surface area contributed by atoms with E-state index in [1.54, 1.807) is 7.05 Å². The highest BCUT2D eigenvalue weighted by Crippen LogP contribution is 2.24. The molecule has 1 heterocycles. The molecule has 1 unspecified atom stereocenters. The quantitative estimate of drug-likeness (QED) is 0.877. The predicted molar refractivity (Wildman–Crippen MR) is 92.4 cm³/mol. The zero-order valence-corrected chi connectivity index (χ0v) is 14.3. The third kappa shape index (κ3) is 5.27. The Morgan fingerprint density at radius 2 is 1.96 bits per heavy atom. The van der Waals surface area contributed by atoms with Gasteiger partial charge in [0, 0.05) is 25.8 Å². The SMILES string of the molecule is CNC(=O)Cc1ccc(NC(=O)N2CCC(CC(C)C)C2)cc1. The molecule has 0 spiro atoms. The Kier molecular flexibility index (Phi) is 6.02. The maximum absolute atomic E-state index is 12.3. The summed E-state index contributed by atoms with van der Waals surface area (Å²) < 4.78 is 0. The van der Waals surface area contributed by atoms with Crippen LogP contribution in [0.3, 0.4) is 0 Å². The summed E-state index contributed by atoms with van der Waals surface area (Å²) in [7, 11) is 1.62. The number of nitrogens with zero attached hydrogens (tertiary/aromatic N) is 1. The van der Waals surface area contributed by atoms with Crippen molar-refractivity contribution >= 4 is 17.6 Å². The van der Waals surface area contributed by atoms with Gasteiger partial charge in [-0.25, -0.2) is 4.79 Å². The van der Waals surface area contributed by atoms with Gasteiger partial charge in [-0.2, -0.15) is 0 Å². The molecule has 2 rings (SSSR count). The smallest absolute Gasteiger partial charge is 0.321 e. The van der Waals surface area contributed by atoms with Crippen LogP contribution in [0.4, 0.5) is 10.5 Å². The lowest BCUT2D eigenvalue weighted by Crippen LogP contribution is -2.33. The van der Waals surface area contributed by atoms with Crippen molar-refractivity contribution in [2.75, 3.05) is 25.5 Å². The minimum absolute atomic E-state index is 0.0185. The lowest BCUT2D eigenvalue weighted by Gasteiger charge is -2.18. The summed E-state index contributed by atoms with van der Waals surface area (Å²) in [5, 5.41) is 5.54. The number of hydrogen-bond donors (Lipinski definition) is 2. The van der Waals surface area contributed by atoms with Crippen molar-refractivity contribution in [2.45, 2.75) is 33.1 Å². The fourth-order valence-corrected chi connectivity index (χ4v) is 3.06. The second-order valence-corrected chi connectivity index (χ2v) is 6.71. The second kappa shape index (κ2) is 7.99. The van der Waals surface area contributed by atoms with Gasteiger partial charge in [-0.15, -0.1) is 0 Å². The number of anilines is 1. The van der Waals surface area contributed by atoms with E-state index in [4.69, 9.17) is 0 Å². The Morgan fingerprint density at radius 1 is 1.26 bits per heavy atom. The first-order valence-corrected chi connectivity index (χ1v) is 8.33. The van der Waals surface area contributed by atoms with Crippen LogP contribution in [-0.2, 0) is 11.2 Å². The number of nitrogens with one attached hydrogen (secondary N) is 2. The summed E-state index contributed by atoms with van der Waals surface area (Å²) in [6.45, 7) is 6.13.